The van der Waals surface area contributed by atoms with Gasteiger partial charge in [0, 0.05) is 15.7 Å². The third-order valence-corrected chi connectivity index (χ3v) is 5.49. The minimum absolute atomic E-state index is 0.197. The largest absolute Gasteiger partial charge is 0.497 e. The van der Waals surface area contributed by atoms with Crippen molar-refractivity contribution in [3.05, 3.63) is 86.3 Å². The van der Waals surface area contributed by atoms with Gasteiger partial charge in [0.15, 0.2) is 0 Å². The minimum Gasteiger partial charge on any atom is -0.497 e. The van der Waals surface area contributed by atoms with Gasteiger partial charge in [0.2, 0.25) is 0 Å². The molecular formula is C23H16BrCl2N3O5. The second-order valence-electron chi connectivity index (χ2n) is 6.58. The molecule has 3 aromatic carbocycles. The maximum Gasteiger partial charge on any atom is 0.343 e. The average molecular weight is 565 g/mol. The molecule has 3 aromatic rings. The Morgan fingerprint density at radius 3 is 2.35 bits per heavy atom. The first-order valence-corrected chi connectivity index (χ1v) is 11.1. The van der Waals surface area contributed by atoms with Crippen LogP contribution in [0, 0.1) is 0 Å². The molecule has 0 atom stereocenters. The SMILES string of the molecule is COc1ccc(C(=O)Oc2ccc(Br)cc2C=NNC(=O)C(=O)Nc2ccc(Cl)c(Cl)c2)cc1. The Bertz CT molecular complexity index is 1270. The highest BCUT2D eigenvalue weighted by Crippen LogP contribution is 2.25. The molecule has 174 valence electrons. The molecule has 0 spiro atoms. The molecule has 0 aliphatic rings. The third kappa shape index (κ3) is 6.80. The topological polar surface area (TPSA) is 106 Å². The number of nitrogens with zero attached hydrogens (tertiary/aromatic N) is 1. The highest BCUT2D eigenvalue weighted by molar-refractivity contribution is 9.10. The molecule has 2 amide bonds. The molecule has 0 radical (unpaired) electrons. The molecule has 3 rings (SSSR count). The third-order valence-electron chi connectivity index (χ3n) is 4.25. The molecule has 0 aromatic heterocycles. The van der Waals surface area contributed by atoms with E-state index < -0.39 is 17.8 Å². The fourth-order valence-corrected chi connectivity index (χ4v) is 3.25. The second-order valence-corrected chi connectivity index (χ2v) is 8.31. The van der Waals surface area contributed by atoms with Crippen LogP contribution in [0.4, 0.5) is 5.69 Å². The van der Waals surface area contributed by atoms with Crippen molar-refractivity contribution >= 4 is 68.8 Å². The van der Waals surface area contributed by atoms with Crippen LogP contribution in [0.15, 0.2) is 70.2 Å². The number of ether oxygens (including phenoxy) is 2. The standard InChI is InChI=1S/C23H16BrCl2N3O5/c1-33-17-6-2-13(3-7-17)23(32)34-20-9-4-15(24)10-14(20)12-27-29-22(31)21(30)28-16-5-8-18(25)19(26)11-16/h2-12H,1H3,(H,28,30)(H,29,31). The number of methoxy groups -OCH3 is 1. The summed E-state index contributed by atoms with van der Waals surface area (Å²) >= 11 is 15.0. The predicted octanol–water partition coefficient (Wildman–Crippen LogP) is 5.07. The van der Waals surface area contributed by atoms with Crippen molar-refractivity contribution in [2.24, 2.45) is 5.10 Å². The summed E-state index contributed by atoms with van der Waals surface area (Å²) in [4.78, 5) is 36.6. The average Bonchev–Trinajstić information content (AvgIpc) is 2.83. The Hall–Kier alpha value is -3.40. The van der Waals surface area contributed by atoms with Gasteiger partial charge in [0.25, 0.3) is 0 Å². The van der Waals surface area contributed by atoms with Gasteiger partial charge in [-0.25, -0.2) is 10.2 Å². The van der Waals surface area contributed by atoms with Gasteiger partial charge in [0.1, 0.15) is 11.5 Å². The van der Waals surface area contributed by atoms with Crippen LogP contribution in [0.25, 0.3) is 0 Å². The number of hydrogen-bond acceptors (Lipinski definition) is 6. The Kier molecular flexibility index (Phi) is 8.64. The molecule has 0 heterocycles. The van der Waals surface area contributed by atoms with Crippen molar-refractivity contribution in [1.29, 1.82) is 0 Å². The normalized spacial score (nSPS) is 10.6. The monoisotopic (exact) mass is 563 g/mol. The molecule has 0 unspecified atom stereocenters. The lowest BCUT2D eigenvalue weighted by Gasteiger charge is -2.09. The van der Waals surface area contributed by atoms with Gasteiger partial charge in [-0.3, -0.25) is 9.59 Å². The van der Waals surface area contributed by atoms with E-state index >= 15 is 0 Å². The lowest BCUT2D eigenvalue weighted by Crippen LogP contribution is -2.32. The van der Waals surface area contributed by atoms with Gasteiger partial charge < -0.3 is 14.8 Å². The number of halogens is 3. The first kappa shape index (κ1) is 25.2. The summed E-state index contributed by atoms with van der Waals surface area (Å²) in [5, 5.41) is 6.69. The second kappa shape index (κ2) is 11.6. The van der Waals surface area contributed by atoms with Crippen LogP contribution in [-0.4, -0.2) is 31.1 Å². The van der Waals surface area contributed by atoms with E-state index in [4.69, 9.17) is 32.7 Å². The molecule has 0 aliphatic carbocycles. The van der Waals surface area contributed by atoms with Gasteiger partial charge in [-0.15, -0.1) is 0 Å². The van der Waals surface area contributed by atoms with Crippen molar-refractivity contribution in [3.8, 4) is 11.5 Å². The number of anilines is 1. The summed E-state index contributed by atoms with van der Waals surface area (Å²) in [6.07, 6.45) is 1.24. The van der Waals surface area contributed by atoms with Crippen LogP contribution in [0.3, 0.4) is 0 Å². The quantitative estimate of drug-likeness (QED) is 0.143. The van der Waals surface area contributed by atoms with Gasteiger partial charge in [-0.2, -0.15) is 5.10 Å². The molecular weight excluding hydrogens is 549 g/mol. The van der Waals surface area contributed by atoms with Crippen molar-refractivity contribution in [2.45, 2.75) is 0 Å². The summed E-state index contributed by atoms with van der Waals surface area (Å²) in [6, 6.07) is 15.7. The van der Waals surface area contributed by atoms with Crippen LogP contribution in [0.2, 0.25) is 10.0 Å². The molecule has 8 nitrogen and oxygen atoms in total. The van der Waals surface area contributed by atoms with Crippen molar-refractivity contribution in [3.63, 3.8) is 0 Å². The lowest BCUT2D eigenvalue weighted by molar-refractivity contribution is -0.136. The van der Waals surface area contributed by atoms with E-state index in [0.29, 0.717) is 32.1 Å². The van der Waals surface area contributed by atoms with Gasteiger partial charge in [-0.1, -0.05) is 39.1 Å². The molecule has 34 heavy (non-hydrogen) atoms. The van der Waals surface area contributed by atoms with Gasteiger partial charge >= 0.3 is 17.8 Å². The van der Waals surface area contributed by atoms with Crippen molar-refractivity contribution in [2.75, 3.05) is 12.4 Å². The summed E-state index contributed by atoms with van der Waals surface area (Å²) in [5.41, 5.74) is 3.10. The summed E-state index contributed by atoms with van der Waals surface area (Å²) in [7, 11) is 1.52. The van der Waals surface area contributed by atoms with E-state index in [0.717, 1.165) is 0 Å². The summed E-state index contributed by atoms with van der Waals surface area (Å²) in [5.74, 6) is -1.77. The highest BCUT2D eigenvalue weighted by Gasteiger charge is 2.15. The van der Waals surface area contributed by atoms with E-state index in [-0.39, 0.29) is 10.8 Å². The maximum atomic E-state index is 12.5. The fraction of sp³-hybridized carbons (Fsp3) is 0.0435. The number of hydrogen-bond donors (Lipinski definition) is 2. The molecule has 11 heteroatoms. The maximum absolute atomic E-state index is 12.5. The van der Waals surface area contributed by atoms with E-state index in [9.17, 15) is 14.4 Å². The zero-order valence-corrected chi connectivity index (χ0v) is 20.6. The molecule has 0 saturated carbocycles. The zero-order chi connectivity index (χ0) is 24.7. The van der Waals surface area contributed by atoms with E-state index in [1.54, 1.807) is 42.5 Å². The minimum atomic E-state index is -1.02. The van der Waals surface area contributed by atoms with Gasteiger partial charge in [0.05, 0.1) is 28.9 Å². The Balaban J connectivity index is 1.66. The van der Waals surface area contributed by atoms with Crippen LogP contribution >= 0.6 is 39.1 Å². The van der Waals surface area contributed by atoms with Crippen LogP contribution in [-0.2, 0) is 9.59 Å². The Morgan fingerprint density at radius 1 is 0.941 bits per heavy atom. The smallest absolute Gasteiger partial charge is 0.343 e. The number of hydrazone groups is 1. The van der Waals surface area contributed by atoms with E-state index in [2.05, 4.69) is 31.8 Å². The number of carbonyl (C=O) groups excluding carboxylic acids is 3. The number of carbonyl (C=O) groups is 3. The molecule has 0 fully saturated rings. The zero-order valence-electron chi connectivity index (χ0n) is 17.5. The Labute approximate surface area is 213 Å². The fourth-order valence-electron chi connectivity index (χ4n) is 2.57. The lowest BCUT2D eigenvalue weighted by atomic mass is 10.2. The van der Waals surface area contributed by atoms with Crippen LogP contribution in [0.5, 0.6) is 11.5 Å². The predicted molar refractivity (Wildman–Crippen MR) is 133 cm³/mol. The first-order chi connectivity index (χ1) is 16.3. The first-order valence-electron chi connectivity index (χ1n) is 9.52. The number of benzene rings is 3. The van der Waals surface area contributed by atoms with Gasteiger partial charge in [-0.05, 0) is 60.7 Å². The highest BCUT2D eigenvalue weighted by atomic mass is 79.9. The number of rotatable bonds is 6. The van der Waals surface area contributed by atoms with Crippen molar-refractivity contribution in [1.82, 2.24) is 5.43 Å². The molecule has 0 aliphatic heterocycles. The molecule has 0 saturated heterocycles. The number of nitrogens with one attached hydrogen (secondary N) is 2. The van der Waals surface area contributed by atoms with Crippen molar-refractivity contribution < 1.29 is 23.9 Å². The molecule has 0 bridgehead atoms. The van der Waals surface area contributed by atoms with Crippen LogP contribution in [0.1, 0.15) is 15.9 Å². The van der Waals surface area contributed by atoms with Crippen LogP contribution < -0.4 is 20.2 Å². The summed E-state index contributed by atoms with van der Waals surface area (Å²) in [6.45, 7) is 0. The van der Waals surface area contributed by atoms with E-state index in [1.165, 1.54) is 31.5 Å². The number of amides is 2. The number of esters is 1. The molecule has 2 N–H and O–H groups in total. The van der Waals surface area contributed by atoms with E-state index in [1.807, 2.05) is 0 Å². The Morgan fingerprint density at radius 2 is 1.68 bits per heavy atom. The summed E-state index contributed by atoms with van der Waals surface area (Å²) < 4.78 is 11.2.